The predicted octanol–water partition coefficient (Wildman–Crippen LogP) is 3.20. The molecule has 144 valence electrons. The number of aromatic nitrogens is 4. The summed E-state index contributed by atoms with van der Waals surface area (Å²) in [6, 6.07) is 9.54. The molecule has 7 nitrogen and oxygen atoms in total. The molecule has 0 saturated heterocycles. The number of aldehydes is 1. The summed E-state index contributed by atoms with van der Waals surface area (Å²) >= 11 is 0. The van der Waals surface area contributed by atoms with E-state index in [2.05, 4.69) is 15.3 Å². The average molecular weight is 385 g/mol. The van der Waals surface area contributed by atoms with Gasteiger partial charge in [0.05, 0.1) is 11.9 Å². The monoisotopic (exact) mass is 385 g/mol. The van der Waals surface area contributed by atoms with Gasteiger partial charge >= 0.3 is 0 Å². The van der Waals surface area contributed by atoms with Crippen molar-refractivity contribution in [2.75, 3.05) is 0 Å². The Bertz CT molecular complexity index is 1250. The number of benzene rings is 1. The van der Waals surface area contributed by atoms with Crippen LogP contribution in [0.1, 0.15) is 39.1 Å². The van der Waals surface area contributed by atoms with Crippen molar-refractivity contribution in [2.24, 2.45) is 0 Å². The summed E-state index contributed by atoms with van der Waals surface area (Å²) in [5.41, 5.74) is 4.68. The van der Waals surface area contributed by atoms with Gasteiger partial charge in [0, 0.05) is 35.1 Å². The maximum absolute atomic E-state index is 12.4. The summed E-state index contributed by atoms with van der Waals surface area (Å²) in [4.78, 5) is 32.5. The van der Waals surface area contributed by atoms with Crippen LogP contribution in [-0.4, -0.2) is 37.2 Å². The zero-order valence-corrected chi connectivity index (χ0v) is 15.9. The van der Waals surface area contributed by atoms with Gasteiger partial charge in [-0.05, 0) is 49.6 Å². The van der Waals surface area contributed by atoms with Crippen LogP contribution in [0.5, 0.6) is 0 Å². The van der Waals surface area contributed by atoms with E-state index in [1.807, 2.05) is 40.3 Å². The minimum atomic E-state index is -0.0450. The number of carbonyl (C=O) groups is 2. The number of amides is 1. The van der Waals surface area contributed by atoms with Crippen molar-refractivity contribution in [3.05, 3.63) is 71.9 Å². The van der Waals surface area contributed by atoms with E-state index in [0.29, 0.717) is 17.2 Å². The second-order valence-corrected chi connectivity index (χ2v) is 7.37. The number of nitrogens with zero attached hydrogens (tertiary/aromatic N) is 4. The third kappa shape index (κ3) is 3.20. The van der Waals surface area contributed by atoms with Gasteiger partial charge in [0.15, 0.2) is 6.29 Å². The molecule has 3 heterocycles. The lowest BCUT2D eigenvalue weighted by Crippen LogP contribution is -2.25. The molecule has 1 N–H and O–H groups in total. The van der Waals surface area contributed by atoms with Crippen molar-refractivity contribution in [2.45, 2.75) is 25.8 Å². The van der Waals surface area contributed by atoms with E-state index < -0.39 is 0 Å². The Balaban J connectivity index is 1.52. The number of pyridine rings is 1. The first-order chi connectivity index (χ1) is 14.1. The van der Waals surface area contributed by atoms with Crippen LogP contribution in [0.3, 0.4) is 0 Å². The Morgan fingerprint density at radius 3 is 2.83 bits per heavy atom. The number of aryl methyl sites for hydroxylation is 1. The molecule has 4 aromatic rings. The van der Waals surface area contributed by atoms with Gasteiger partial charge in [-0.25, -0.2) is 9.97 Å². The topological polar surface area (TPSA) is 81.3 Å². The van der Waals surface area contributed by atoms with Gasteiger partial charge < -0.3 is 5.32 Å². The zero-order chi connectivity index (χ0) is 20.0. The van der Waals surface area contributed by atoms with Crippen LogP contribution < -0.4 is 5.32 Å². The smallest absolute Gasteiger partial charge is 0.251 e. The first kappa shape index (κ1) is 17.4. The summed E-state index contributed by atoms with van der Waals surface area (Å²) in [5, 5.41) is 3.02. The Labute approximate surface area is 167 Å². The summed E-state index contributed by atoms with van der Waals surface area (Å²) in [6.07, 6.45) is 10.0. The highest BCUT2D eigenvalue weighted by Gasteiger charge is 2.24. The van der Waals surface area contributed by atoms with E-state index in [0.717, 1.165) is 47.4 Å². The number of nitrogens with one attached hydrogen (secondary N) is 1. The van der Waals surface area contributed by atoms with Gasteiger partial charge in [-0.15, -0.1) is 0 Å². The molecule has 0 bridgehead atoms. The van der Waals surface area contributed by atoms with Crippen LogP contribution in [0.15, 0.2) is 55.2 Å². The van der Waals surface area contributed by atoms with Crippen LogP contribution in [0.25, 0.3) is 22.7 Å². The molecule has 1 amide bonds. The van der Waals surface area contributed by atoms with Gasteiger partial charge in [0.1, 0.15) is 17.8 Å². The second kappa shape index (κ2) is 6.70. The van der Waals surface area contributed by atoms with E-state index in [1.165, 1.54) is 0 Å². The zero-order valence-electron chi connectivity index (χ0n) is 15.9. The molecule has 1 fully saturated rings. The lowest BCUT2D eigenvalue weighted by Gasteiger charge is -2.08. The first-order valence-corrected chi connectivity index (χ1v) is 9.51. The van der Waals surface area contributed by atoms with Gasteiger partial charge in [0.2, 0.25) is 0 Å². The summed E-state index contributed by atoms with van der Waals surface area (Å²) in [7, 11) is 0. The van der Waals surface area contributed by atoms with Crippen molar-refractivity contribution in [1.29, 1.82) is 0 Å². The molecule has 5 rings (SSSR count). The Kier molecular flexibility index (Phi) is 4.01. The molecule has 1 saturated carbocycles. The molecule has 1 aromatic carbocycles. The molecule has 0 unspecified atom stereocenters. The summed E-state index contributed by atoms with van der Waals surface area (Å²) in [6.45, 7) is 2.00. The third-order valence-electron chi connectivity index (χ3n) is 5.18. The minimum absolute atomic E-state index is 0.0450. The number of hydrogen-bond acceptors (Lipinski definition) is 4. The lowest BCUT2D eigenvalue weighted by atomic mass is 10.0. The Morgan fingerprint density at radius 2 is 2.03 bits per heavy atom. The fourth-order valence-corrected chi connectivity index (χ4v) is 3.37. The Morgan fingerprint density at radius 1 is 1.17 bits per heavy atom. The van der Waals surface area contributed by atoms with Crippen LogP contribution in [0, 0.1) is 6.92 Å². The van der Waals surface area contributed by atoms with Crippen molar-refractivity contribution in [3.63, 3.8) is 0 Å². The SMILES string of the molecule is Cc1ccc(C(=O)NC2CC2)cc1-c1cn(-c2cnc3ccc(C=O)cn23)cn1. The molecule has 29 heavy (non-hydrogen) atoms. The van der Waals surface area contributed by atoms with E-state index in [9.17, 15) is 9.59 Å². The summed E-state index contributed by atoms with van der Waals surface area (Å²) < 4.78 is 3.71. The van der Waals surface area contributed by atoms with E-state index in [-0.39, 0.29) is 5.91 Å². The lowest BCUT2D eigenvalue weighted by molar-refractivity contribution is 0.0950. The highest BCUT2D eigenvalue weighted by molar-refractivity contribution is 5.96. The van der Waals surface area contributed by atoms with E-state index in [4.69, 9.17) is 0 Å². The molecule has 7 heteroatoms. The number of imidazole rings is 2. The fraction of sp³-hybridized carbons (Fsp3) is 0.182. The predicted molar refractivity (Wildman–Crippen MR) is 108 cm³/mol. The quantitative estimate of drug-likeness (QED) is 0.535. The number of carbonyl (C=O) groups excluding carboxylic acids is 2. The number of rotatable bonds is 5. The van der Waals surface area contributed by atoms with Gasteiger partial charge in [-0.2, -0.15) is 0 Å². The van der Waals surface area contributed by atoms with Crippen LogP contribution in [0.4, 0.5) is 0 Å². The van der Waals surface area contributed by atoms with Gasteiger partial charge in [-0.3, -0.25) is 18.6 Å². The van der Waals surface area contributed by atoms with Crippen LogP contribution in [-0.2, 0) is 0 Å². The first-order valence-electron chi connectivity index (χ1n) is 9.51. The van der Waals surface area contributed by atoms with Crippen LogP contribution in [0.2, 0.25) is 0 Å². The maximum Gasteiger partial charge on any atom is 0.251 e. The molecule has 1 aliphatic carbocycles. The molecular formula is C22H19N5O2. The third-order valence-corrected chi connectivity index (χ3v) is 5.18. The van der Waals surface area contributed by atoms with Gasteiger partial charge in [0.25, 0.3) is 5.91 Å². The molecule has 0 radical (unpaired) electrons. The fourth-order valence-electron chi connectivity index (χ4n) is 3.37. The highest BCUT2D eigenvalue weighted by Crippen LogP contribution is 2.25. The van der Waals surface area contributed by atoms with Gasteiger partial charge in [-0.1, -0.05) is 6.07 Å². The second-order valence-electron chi connectivity index (χ2n) is 7.37. The van der Waals surface area contributed by atoms with Crippen molar-refractivity contribution < 1.29 is 9.59 Å². The van der Waals surface area contributed by atoms with E-state index >= 15 is 0 Å². The van der Waals surface area contributed by atoms with Crippen molar-refractivity contribution in [1.82, 2.24) is 24.3 Å². The maximum atomic E-state index is 12.4. The molecular weight excluding hydrogens is 366 g/mol. The van der Waals surface area contributed by atoms with E-state index in [1.54, 1.807) is 30.9 Å². The normalized spacial score (nSPS) is 13.6. The largest absolute Gasteiger partial charge is 0.349 e. The minimum Gasteiger partial charge on any atom is -0.349 e. The standard InChI is InChI=1S/C22H19N5O2/c1-14-2-4-16(22(29)25-17-5-6-17)8-18(14)19-11-26(13-24-19)21-9-23-20-7-3-15(12-28)10-27(20)21/h2-4,7-13,17H,5-6H2,1H3,(H,25,29). The highest BCUT2D eigenvalue weighted by atomic mass is 16.1. The Hall–Kier alpha value is -3.74. The average Bonchev–Trinajstić information content (AvgIpc) is 3.25. The molecule has 0 spiro atoms. The van der Waals surface area contributed by atoms with Crippen molar-refractivity contribution >= 4 is 17.8 Å². The van der Waals surface area contributed by atoms with Crippen molar-refractivity contribution in [3.8, 4) is 17.1 Å². The number of fused-ring (bicyclic) bond motifs is 1. The molecule has 0 atom stereocenters. The molecule has 1 aliphatic rings. The summed E-state index contributed by atoms with van der Waals surface area (Å²) in [5.74, 6) is 0.735. The molecule has 3 aromatic heterocycles. The number of hydrogen-bond donors (Lipinski definition) is 1. The molecule has 0 aliphatic heterocycles. The van der Waals surface area contributed by atoms with Crippen LogP contribution >= 0.6 is 0 Å².